The minimum atomic E-state index is 0.831. The van der Waals surface area contributed by atoms with Crippen molar-refractivity contribution < 1.29 is 4.42 Å². The van der Waals surface area contributed by atoms with E-state index in [-0.39, 0.29) is 0 Å². The third-order valence-electron chi connectivity index (χ3n) is 2.75. The summed E-state index contributed by atoms with van der Waals surface area (Å²) in [5, 5.41) is 0. The van der Waals surface area contributed by atoms with Crippen molar-refractivity contribution in [3.63, 3.8) is 0 Å². The SMILES string of the molecule is CC1CCCN(Cc2ccc(Br)o2)C1. The number of likely N-dealkylation sites (tertiary alicyclic amines) is 1. The van der Waals surface area contributed by atoms with Gasteiger partial charge in [0.2, 0.25) is 0 Å². The first-order valence-electron chi connectivity index (χ1n) is 5.20. The van der Waals surface area contributed by atoms with Crippen molar-refractivity contribution >= 4 is 15.9 Å². The number of hydrogen-bond donors (Lipinski definition) is 0. The van der Waals surface area contributed by atoms with E-state index in [0.717, 1.165) is 22.9 Å². The van der Waals surface area contributed by atoms with Crippen molar-refractivity contribution in [2.45, 2.75) is 26.3 Å². The van der Waals surface area contributed by atoms with Crippen molar-refractivity contribution in [1.29, 1.82) is 0 Å². The maximum atomic E-state index is 5.50. The Morgan fingerprint density at radius 2 is 2.43 bits per heavy atom. The van der Waals surface area contributed by atoms with Crippen LogP contribution in [0.1, 0.15) is 25.5 Å². The van der Waals surface area contributed by atoms with Gasteiger partial charge in [0.25, 0.3) is 0 Å². The van der Waals surface area contributed by atoms with Gasteiger partial charge in [-0.25, -0.2) is 0 Å². The molecule has 1 saturated heterocycles. The molecule has 1 aromatic heterocycles. The predicted octanol–water partition coefficient (Wildman–Crippen LogP) is 3.27. The Bertz CT molecular complexity index is 297. The van der Waals surface area contributed by atoms with Gasteiger partial charge in [-0.3, -0.25) is 4.90 Å². The zero-order chi connectivity index (χ0) is 9.97. The first kappa shape index (κ1) is 10.2. The van der Waals surface area contributed by atoms with Gasteiger partial charge >= 0.3 is 0 Å². The molecular weight excluding hydrogens is 242 g/mol. The summed E-state index contributed by atoms with van der Waals surface area (Å²) in [7, 11) is 0. The van der Waals surface area contributed by atoms with Crippen LogP contribution in [0.15, 0.2) is 21.2 Å². The summed E-state index contributed by atoms with van der Waals surface area (Å²) < 4.78 is 6.33. The van der Waals surface area contributed by atoms with E-state index in [9.17, 15) is 0 Å². The van der Waals surface area contributed by atoms with E-state index in [1.165, 1.54) is 25.9 Å². The molecule has 1 aliphatic heterocycles. The Hall–Kier alpha value is -0.280. The van der Waals surface area contributed by atoms with Gasteiger partial charge in [0, 0.05) is 6.54 Å². The molecule has 14 heavy (non-hydrogen) atoms. The molecule has 0 spiro atoms. The molecule has 0 radical (unpaired) electrons. The van der Waals surface area contributed by atoms with Crippen LogP contribution in [0.2, 0.25) is 0 Å². The summed E-state index contributed by atoms with van der Waals surface area (Å²) in [5.41, 5.74) is 0. The molecule has 1 aromatic rings. The van der Waals surface area contributed by atoms with Crippen molar-refractivity contribution in [3.05, 3.63) is 22.6 Å². The fourth-order valence-corrected chi connectivity index (χ4v) is 2.43. The summed E-state index contributed by atoms with van der Waals surface area (Å²) in [6, 6.07) is 4.01. The molecule has 78 valence electrons. The molecule has 0 N–H and O–H groups in total. The van der Waals surface area contributed by atoms with Gasteiger partial charge in [0.15, 0.2) is 4.67 Å². The van der Waals surface area contributed by atoms with E-state index in [1.807, 2.05) is 12.1 Å². The molecule has 0 bridgehead atoms. The monoisotopic (exact) mass is 257 g/mol. The Balaban J connectivity index is 1.90. The van der Waals surface area contributed by atoms with Gasteiger partial charge in [-0.15, -0.1) is 0 Å². The second-order valence-corrected chi connectivity index (χ2v) is 4.97. The molecule has 1 atom stereocenters. The van der Waals surface area contributed by atoms with Crippen LogP contribution in [0.5, 0.6) is 0 Å². The Labute approximate surface area is 93.4 Å². The molecule has 1 unspecified atom stereocenters. The minimum absolute atomic E-state index is 0.831. The van der Waals surface area contributed by atoms with Crippen LogP contribution in [-0.4, -0.2) is 18.0 Å². The predicted molar refractivity (Wildman–Crippen MR) is 60.1 cm³/mol. The summed E-state index contributed by atoms with van der Waals surface area (Å²) in [6.07, 6.45) is 2.70. The first-order valence-corrected chi connectivity index (χ1v) is 6.00. The smallest absolute Gasteiger partial charge is 0.169 e. The third kappa shape index (κ3) is 2.61. The van der Waals surface area contributed by atoms with E-state index in [2.05, 4.69) is 27.8 Å². The molecule has 0 aromatic carbocycles. The highest BCUT2D eigenvalue weighted by Crippen LogP contribution is 2.20. The van der Waals surface area contributed by atoms with Crippen LogP contribution in [0.25, 0.3) is 0 Å². The van der Waals surface area contributed by atoms with Gasteiger partial charge in [0.05, 0.1) is 6.54 Å². The molecule has 0 aliphatic carbocycles. The molecule has 3 heteroatoms. The lowest BCUT2D eigenvalue weighted by Gasteiger charge is -2.29. The Kier molecular flexibility index (Phi) is 3.29. The highest BCUT2D eigenvalue weighted by molar-refractivity contribution is 9.10. The van der Waals surface area contributed by atoms with E-state index in [0.29, 0.717) is 0 Å². The summed E-state index contributed by atoms with van der Waals surface area (Å²) in [6.45, 7) is 5.70. The van der Waals surface area contributed by atoms with Crippen LogP contribution in [0, 0.1) is 5.92 Å². The third-order valence-corrected chi connectivity index (χ3v) is 3.18. The molecule has 2 rings (SSSR count). The van der Waals surface area contributed by atoms with Crippen molar-refractivity contribution in [1.82, 2.24) is 4.90 Å². The number of furan rings is 1. The van der Waals surface area contributed by atoms with Gasteiger partial charge in [-0.1, -0.05) is 6.92 Å². The second-order valence-electron chi connectivity index (χ2n) is 4.19. The number of rotatable bonds is 2. The van der Waals surface area contributed by atoms with Gasteiger partial charge < -0.3 is 4.42 Å². The first-order chi connectivity index (χ1) is 6.74. The maximum Gasteiger partial charge on any atom is 0.169 e. The number of piperidine rings is 1. The number of nitrogens with zero attached hydrogens (tertiary/aromatic N) is 1. The standard InChI is InChI=1S/C11H16BrNO/c1-9-3-2-6-13(7-9)8-10-4-5-11(12)14-10/h4-5,9H,2-3,6-8H2,1H3. The highest BCUT2D eigenvalue weighted by atomic mass is 79.9. The lowest BCUT2D eigenvalue weighted by Crippen LogP contribution is -2.33. The molecule has 2 heterocycles. The van der Waals surface area contributed by atoms with Crippen LogP contribution in [0.4, 0.5) is 0 Å². The van der Waals surface area contributed by atoms with E-state index in [1.54, 1.807) is 0 Å². The zero-order valence-corrected chi connectivity index (χ0v) is 10.1. The average molecular weight is 258 g/mol. The molecule has 1 fully saturated rings. The average Bonchev–Trinajstić information content (AvgIpc) is 2.51. The normalized spacial score (nSPS) is 24.0. The number of halogens is 1. The van der Waals surface area contributed by atoms with Crippen molar-refractivity contribution in [2.24, 2.45) is 5.92 Å². The van der Waals surface area contributed by atoms with Crippen LogP contribution in [0.3, 0.4) is 0 Å². The Morgan fingerprint density at radius 1 is 1.57 bits per heavy atom. The lowest BCUT2D eigenvalue weighted by atomic mass is 10.0. The fourth-order valence-electron chi connectivity index (χ4n) is 2.09. The highest BCUT2D eigenvalue weighted by Gasteiger charge is 2.17. The summed E-state index contributed by atoms with van der Waals surface area (Å²) >= 11 is 3.32. The molecule has 2 nitrogen and oxygen atoms in total. The summed E-state index contributed by atoms with van der Waals surface area (Å²) in [4.78, 5) is 2.47. The van der Waals surface area contributed by atoms with Gasteiger partial charge in [0.1, 0.15) is 5.76 Å². The van der Waals surface area contributed by atoms with Crippen molar-refractivity contribution in [3.8, 4) is 0 Å². The molecule has 1 aliphatic rings. The van der Waals surface area contributed by atoms with Crippen LogP contribution in [-0.2, 0) is 6.54 Å². The van der Waals surface area contributed by atoms with Crippen molar-refractivity contribution in [2.75, 3.05) is 13.1 Å². The second kappa shape index (κ2) is 4.49. The van der Waals surface area contributed by atoms with Crippen LogP contribution >= 0.6 is 15.9 Å². The molecule has 0 saturated carbocycles. The minimum Gasteiger partial charge on any atom is -0.453 e. The van der Waals surface area contributed by atoms with Crippen LogP contribution < -0.4 is 0 Å². The van der Waals surface area contributed by atoms with Gasteiger partial charge in [-0.05, 0) is 53.4 Å². The summed E-state index contributed by atoms with van der Waals surface area (Å²) in [5.74, 6) is 1.90. The van der Waals surface area contributed by atoms with E-state index >= 15 is 0 Å². The lowest BCUT2D eigenvalue weighted by molar-refractivity contribution is 0.165. The Morgan fingerprint density at radius 3 is 3.07 bits per heavy atom. The fraction of sp³-hybridized carbons (Fsp3) is 0.636. The van der Waals surface area contributed by atoms with E-state index < -0.39 is 0 Å². The maximum absolute atomic E-state index is 5.50. The number of hydrogen-bond acceptors (Lipinski definition) is 2. The van der Waals surface area contributed by atoms with Gasteiger partial charge in [-0.2, -0.15) is 0 Å². The largest absolute Gasteiger partial charge is 0.453 e. The molecule has 0 amide bonds. The zero-order valence-electron chi connectivity index (χ0n) is 8.50. The quantitative estimate of drug-likeness (QED) is 0.809. The van der Waals surface area contributed by atoms with E-state index in [4.69, 9.17) is 4.42 Å². The topological polar surface area (TPSA) is 16.4 Å². The molecular formula is C11H16BrNO.